The third-order valence-electron chi connectivity index (χ3n) is 7.63. The van der Waals surface area contributed by atoms with Crippen molar-refractivity contribution in [3.8, 4) is 0 Å². The molecule has 0 spiro atoms. The van der Waals surface area contributed by atoms with Crippen molar-refractivity contribution in [2.75, 3.05) is 24.7 Å². The molecule has 10 atom stereocenters. The highest BCUT2D eigenvalue weighted by Gasteiger charge is 2.50. The number of hydrogen-bond donors (Lipinski definition) is 10. The van der Waals surface area contributed by atoms with Crippen LogP contribution in [0.1, 0.15) is 12.5 Å². The molecule has 4 aromatic heterocycles. The lowest BCUT2D eigenvalue weighted by atomic mass is 10.1. The minimum absolute atomic E-state index is 0. The second-order valence-electron chi connectivity index (χ2n) is 10.6. The fourth-order valence-corrected chi connectivity index (χ4v) is 8.34. The van der Waals surface area contributed by atoms with Crippen molar-refractivity contribution in [1.82, 2.24) is 61.5 Å². The van der Waals surface area contributed by atoms with Crippen LogP contribution < -0.4 is 54.8 Å². The minimum atomic E-state index is -5.04. The first-order chi connectivity index (χ1) is 21.7. The molecule has 7 rings (SSSR count). The van der Waals surface area contributed by atoms with E-state index in [1.165, 1.54) is 9.13 Å². The monoisotopic (exact) mass is 736 g/mol. The molecule has 0 bridgehead atoms. The average Bonchev–Trinajstić information content (AvgIpc) is 3.72. The molecular weight excluding hydrogens is 706 g/mol. The van der Waals surface area contributed by atoms with Gasteiger partial charge >= 0.3 is 0 Å². The molecule has 16 N–H and O–H groups in total. The van der Waals surface area contributed by atoms with E-state index in [4.69, 9.17) is 41.8 Å². The number of nitrogens with one attached hydrogen (secondary N) is 4. The number of nitrogens with two attached hydrogens (primary N) is 2. The molecule has 3 fully saturated rings. The van der Waals surface area contributed by atoms with Gasteiger partial charge < -0.3 is 62.3 Å². The highest BCUT2D eigenvalue weighted by atomic mass is 32.5. The molecule has 2 unspecified atom stereocenters. The molecule has 28 heteroatoms. The molecule has 48 heavy (non-hydrogen) atoms. The molecule has 7 heterocycles. The summed E-state index contributed by atoms with van der Waals surface area (Å²) in [6.07, 6.45) is -6.32. The van der Waals surface area contributed by atoms with Gasteiger partial charge in [-0.15, -0.1) is 0 Å². The number of hydrogen-bond acceptors (Lipinski definition) is 20. The zero-order valence-corrected chi connectivity index (χ0v) is 26.9. The number of rotatable bonds is 2. The first-order valence-electron chi connectivity index (χ1n) is 13.3. The highest BCUT2D eigenvalue weighted by molar-refractivity contribution is 8.07. The Morgan fingerprint density at radius 1 is 0.833 bits per heavy atom. The van der Waals surface area contributed by atoms with Gasteiger partial charge in [-0.25, -0.2) is 15.1 Å². The summed E-state index contributed by atoms with van der Waals surface area (Å²) in [6, 6.07) is -2.79. The standard InChI is InChI=1S/C20H26N12O11P2S.2H3N/c21-19-25-13-9(15(35)27-19)23-3-31(13)17-11(33)7-6(43-17)2-41-45(39,46)30-8-5(1-40-44(37,38)29-7)42-18(12(8)34)32-4-24-10-14(32)26-20(22)28-16(10)36;;/h3-8,11-12,17-18,33-34H,1-2H2,(H2,29,37,38)(H2,30,39,46)(H3,21,25,27,35)(H3,22,26,28,36);2*1H3/p-2/t5-,6-,7-,8-,11-,12-,17-,18-,45?;;/m1../s1. The average molecular weight is 737 g/mol. The van der Waals surface area contributed by atoms with Gasteiger partial charge in [-0.2, -0.15) is 9.97 Å². The summed E-state index contributed by atoms with van der Waals surface area (Å²) in [4.78, 5) is 71.6. The van der Waals surface area contributed by atoms with E-state index in [-0.39, 0.29) is 46.5 Å². The molecule has 25 nitrogen and oxygen atoms in total. The quantitative estimate of drug-likeness (QED) is 0.0864. The van der Waals surface area contributed by atoms with Gasteiger partial charge in [0.25, 0.3) is 11.1 Å². The summed E-state index contributed by atoms with van der Waals surface area (Å²) < 4.78 is 37.9. The van der Waals surface area contributed by atoms with Crippen LogP contribution in [0.15, 0.2) is 22.2 Å². The van der Waals surface area contributed by atoms with Gasteiger partial charge in [-0.05, 0) is 0 Å². The Balaban J connectivity index is 0.00000225. The second-order valence-corrected chi connectivity index (χ2v) is 15.0. The van der Waals surface area contributed by atoms with E-state index in [0.29, 0.717) is 0 Å². The Morgan fingerprint density at radius 3 is 1.75 bits per heavy atom. The zero-order valence-electron chi connectivity index (χ0n) is 24.3. The summed E-state index contributed by atoms with van der Waals surface area (Å²) >= 11 is 5.18. The van der Waals surface area contributed by atoms with Crippen LogP contribution in [0.3, 0.4) is 0 Å². The van der Waals surface area contributed by atoms with Crippen LogP contribution in [0.4, 0.5) is 11.9 Å². The minimum Gasteiger partial charge on any atom is -0.789 e. The lowest BCUT2D eigenvalue weighted by molar-refractivity contribution is -0.207. The van der Waals surface area contributed by atoms with E-state index >= 15 is 0 Å². The SMILES string of the molecule is N.N.Nc1nc2c(ncn2[C@@H]2O[C@@H]3COP([O-])(=S)N[C@H]4[C@@H](O)[C@H](n5cnc6c(=O)[nH]c(N)nc65)O[C@@H]4COP(=O)([O-])N[C@H]3[C@H]2O)c(=O)[nH]1. The highest BCUT2D eigenvalue weighted by Crippen LogP contribution is 2.45. The largest absolute Gasteiger partial charge is 0.789 e. The topological polar surface area (TPSA) is 414 Å². The van der Waals surface area contributed by atoms with Crippen LogP contribution in [0.25, 0.3) is 22.3 Å². The summed E-state index contributed by atoms with van der Waals surface area (Å²) in [6.45, 7) is -5.62. The number of fused-ring (bicyclic) bond motifs is 4. The van der Waals surface area contributed by atoms with Crippen molar-refractivity contribution in [1.29, 1.82) is 0 Å². The maximum Gasteiger partial charge on any atom is 0.280 e. The number of ether oxygens (including phenoxy) is 2. The normalized spacial score (nSPS) is 35.6. The van der Waals surface area contributed by atoms with E-state index < -0.39 is 87.7 Å². The maximum absolute atomic E-state index is 13.5. The number of imidazole rings is 2. The second kappa shape index (κ2) is 12.9. The van der Waals surface area contributed by atoms with E-state index in [9.17, 15) is 34.2 Å². The maximum atomic E-state index is 13.5. The predicted octanol–water partition coefficient (Wildman–Crippen LogP) is -4.73. The molecule has 0 aromatic carbocycles. The molecule has 0 aliphatic carbocycles. The number of H-pyrrole nitrogens is 2. The smallest absolute Gasteiger partial charge is 0.280 e. The number of aromatic amines is 2. The number of aliphatic hydroxyl groups is 2. The van der Waals surface area contributed by atoms with Crippen molar-refractivity contribution < 1.29 is 43.1 Å². The van der Waals surface area contributed by atoms with Crippen LogP contribution >= 0.6 is 14.4 Å². The van der Waals surface area contributed by atoms with Gasteiger partial charge in [0, 0.05) is 0 Å². The van der Waals surface area contributed by atoms with Crippen LogP contribution in [-0.4, -0.2) is 99.0 Å². The predicted molar refractivity (Wildman–Crippen MR) is 163 cm³/mol. The zero-order chi connectivity index (χ0) is 32.7. The first-order valence-corrected chi connectivity index (χ1v) is 17.5. The van der Waals surface area contributed by atoms with Crippen molar-refractivity contribution in [2.24, 2.45) is 0 Å². The van der Waals surface area contributed by atoms with E-state index in [2.05, 4.69) is 40.1 Å². The van der Waals surface area contributed by atoms with Gasteiger partial charge in [-0.1, -0.05) is 11.8 Å². The Labute approximate surface area is 272 Å². The van der Waals surface area contributed by atoms with Gasteiger partial charge in [0.05, 0.1) is 44.6 Å². The van der Waals surface area contributed by atoms with Crippen molar-refractivity contribution in [3.63, 3.8) is 0 Å². The Hall–Kier alpha value is -3.30. The number of aliphatic hydroxyl groups excluding tert-OH is 2. The lowest BCUT2D eigenvalue weighted by Crippen LogP contribution is -2.50. The van der Waals surface area contributed by atoms with Gasteiger partial charge in [0.2, 0.25) is 19.6 Å². The van der Waals surface area contributed by atoms with Crippen molar-refractivity contribution in [2.45, 2.75) is 49.0 Å². The molecule has 3 aliphatic heterocycles. The van der Waals surface area contributed by atoms with Crippen LogP contribution in [0.2, 0.25) is 0 Å². The van der Waals surface area contributed by atoms with Gasteiger partial charge in [-0.3, -0.25) is 38.3 Å². The molecular formula is C20H30N14O11P2S-2. The lowest BCUT2D eigenvalue weighted by Gasteiger charge is -2.38. The van der Waals surface area contributed by atoms with Crippen LogP contribution in [-0.2, 0) is 34.9 Å². The van der Waals surface area contributed by atoms with Crippen LogP contribution in [0, 0.1) is 0 Å². The molecule has 0 saturated carbocycles. The fraction of sp³-hybridized carbons (Fsp3) is 0.500. The van der Waals surface area contributed by atoms with Crippen molar-refractivity contribution in [3.05, 3.63) is 33.4 Å². The molecule has 0 radical (unpaired) electrons. The number of nitrogens with zero attached hydrogens (tertiary/aromatic N) is 6. The Morgan fingerprint density at radius 2 is 1.27 bits per heavy atom. The number of aromatic nitrogens is 8. The Bertz CT molecular complexity index is 1910. The summed E-state index contributed by atoms with van der Waals surface area (Å²) in [7, 11) is -5.04. The first kappa shape index (κ1) is 36.0. The molecule has 0 amide bonds. The molecule has 3 saturated heterocycles. The molecule has 3 aliphatic rings. The van der Waals surface area contributed by atoms with E-state index in [0.717, 1.165) is 12.7 Å². The summed E-state index contributed by atoms with van der Waals surface area (Å²) in [5.74, 6) is -0.489. The summed E-state index contributed by atoms with van der Waals surface area (Å²) in [5, 5.41) is 27.2. The van der Waals surface area contributed by atoms with Crippen LogP contribution in [0.5, 0.6) is 0 Å². The number of nitrogen functional groups attached to an aromatic ring is 2. The van der Waals surface area contributed by atoms with Crippen molar-refractivity contribution >= 4 is 60.4 Å². The third-order valence-corrected chi connectivity index (χ3v) is 10.5. The van der Waals surface area contributed by atoms with E-state index in [1.807, 2.05) is 0 Å². The molecule has 264 valence electrons. The molecule has 4 aromatic rings. The van der Waals surface area contributed by atoms with E-state index in [1.54, 1.807) is 0 Å². The number of anilines is 2. The Kier molecular flexibility index (Phi) is 9.65. The fourth-order valence-electron chi connectivity index (χ4n) is 5.59. The third kappa shape index (κ3) is 6.28. The summed E-state index contributed by atoms with van der Waals surface area (Å²) in [5.41, 5.74) is 9.62. The van der Waals surface area contributed by atoms with Gasteiger partial charge in [0.1, 0.15) is 24.4 Å². The van der Waals surface area contributed by atoms with Gasteiger partial charge in [0.15, 0.2) is 34.8 Å².